The molecule has 30 heavy (non-hydrogen) atoms. The third kappa shape index (κ3) is 4.36. The van der Waals surface area contributed by atoms with Gasteiger partial charge in [0.05, 0.1) is 12.9 Å². The smallest absolute Gasteiger partial charge is 0.321 e. The number of rotatable bonds is 7. The van der Waals surface area contributed by atoms with Gasteiger partial charge in [-0.3, -0.25) is 9.36 Å². The topological polar surface area (TPSA) is 66.2 Å². The lowest BCUT2D eigenvalue weighted by Gasteiger charge is -2.11. The van der Waals surface area contributed by atoms with Crippen LogP contribution >= 0.6 is 11.8 Å². The number of hydrogen-bond donors (Lipinski definition) is 0. The standard InChI is InChI=1S/C23H19N3O3S/c1-28-19-14-8-9-15-20(19)29-21(27)16-30-23-25-24-22(17-10-4-2-5-11-17)26(23)18-12-6-3-7-13-18/h2-15H,16H2,1H3. The fourth-order valence-electron chi connectivity index (χ4n) is 2.93. The van der Waals surface area contributed by atoms with Crippen LogP contribution < -0.4 is 9.47 Å². The fraction of sp³-hybridized carbons (Fsp3) is 0.0870. The Labute approximate surface area is 178 Å². The molecule has 7 heteroatoms. The maximum Gasteiger partial charge on any atom is 0.321 e. The van der Waals surface area contributed by atoms with Crippen LogP contribution in [0.1, 0.15) is 0 Å². The highest BCUT2D eigenvalue weighted by atomic mass is 32.2. The highest BCUT2D eigenvalue weighted by Crippen LogP contribution is 2.29. The fourth-order valence-corrected chi connectivity index (χ4v) is 3.65. The van der Waals surface area contributed by atoms with Crippen molar-refractivity contribution in [1.82, 2.24) is 14.8 Å². The Morgan fingerprint density at radius 2 is 1.50 bits per heavy atom. The predicted octanol–water partition coefficient (Wildman–Crippen LogP) is 4.64. The molecule has 0 saturated carbocycles. The van der Waals surface area contributed by atoms with Crippen molar-refractivity contribution in [2.45, 2.75) is 5.16 Å². The zero-order chi connectivity index (χ0) is 20.8. The van der Waals surface area contributed by atoms with E-state index in [1.165, 1.54) is 18.9 Å². The third-order valence-corrected chi connectivity index (χ3v) is 5.19. The molecular weight excluding hydrogens is 398 g/mol. The SMILES string of the molecule is COc1ccccc1OC(=O)CSc1nnc(-c2ccccc2)n1-c1ccccc1. The number of thioether (sulfide) groups is 1. The molecule has 0 spiro atoms. The van der Waals surface area contributed by atoms with Crippen LogP contribution in [0.5, 0.6) is 11.5 Å². The molecule has 0 N–H and O–H groups in total. The van der Waals surface area contributed by atoms with Gasteiger partial charge in [-0.25, -0.2) is 0 Å². The largest absolute Gasteiger partial charge is 0.493 e. The Morgan fingerprint density at radius 1 is 0.867 bits per heavy atom. The van der Waals surface area contributed by atoms with Crippen molar-refractivity contribution >= 4 is 17.7 Å². The Balaban J connectivity index is 1.57. The molecule has 0 fully saturated rings. The van der Waals surface area contributed by atoms with E-state index in [1.54, 1.807) is 18.2 Å². The van der Waals surface area contributed by atoms with Crippen molar-refractivity contribution in [3.05, 3.63) is 84.9 Å². The molecule has 0 bridgehead atoms. The van der Waals surface area contributed by atoms with Gasteiger partial charge < -0.3 is 9.47 Å². The summed E-state index contributed by atoms with van der Waals surface area (Å²) < 4.78 is 12.6. The number of para-hydroxylation sites is 3. The number of hydrogen-bond acceptors (Lipinski definition) is 6. The van der Waals surface area contributed by atoms with E-state index >= 15 is 0 Å². The van der Waals surface area contributed by atoms with Gasteiger partial charge in [0, 0.05) is 11.3 Å². The van der Waals surface area contributed by atoms with E-state index < -0.39 is 5.97 Å². The van der Waals surface area contributed by atoms with Crippen molar-refractivity contribution in [3.63, 3.8) is 0 Å². The minimum Gasteiger partial charge on any atom is -0.493 e. The summed E-state index contributed by atoms with van der Waals surface area (Å²) in [5.74, 6) is 1.29. The summed E-state index contributed by atoms with van der Waals surface area (Å²) in [6.45, 7) is 0. The summed E-state index contributed by atoms with van der Waals surface area (Å²) in [7, 11) is 1.54. The maximum absolute atomic E-state index is 12.4. The molecule has 150 valence electrons. The number of methoxy groups -OCH3 is 1. The molecular formula is C23H19N3O3S. The first-order valence-electron chi connectivity index (χ1n) is 9.29. The summed E-state index contributed by atoms with van der Waals surface area (Å²) >= 11 is 1.27. The zero-order valence-corrected chi connectivity index (χ0v) is 17.1. The molecule has 0 aliphatic heterocycles. The summed E-state index contributed by atoms with van der Waals surface area (Å²) in [6, 6.07) is 26.7. The van der Waals surface area contributed by atoms with E-state index in [0.29, 0.717) is 22.5 Å². The predicted molar refractivity (Wildman–Crippen MR) is 116 cm³/mol. The zero-order valence-electron chi connectivity index (χ0n) is 16.3. The molecule has 6 nitrogen and oxygen atoms in total. The summed E-state index contributed by atoms with van der Waals surface area (Å²) in [5.41, 5.74) is 1.86. The molecule has 0 saturated heterocycles. The van der Waals surface area contributed by atoms with Crippen LogP contribution in [-0.4, -0.2) is 33.6 Å². The number of nitrogens with zero attached hydrogens (tertiary/aromatic N) is 3. The minimum absolute atomic E-state index is 0.0812. The summed E-state index contributed by atoms with van der Waals surface area (Å²) in [4.78, 5) is 12.4. The average molecular weight is 417 g/mol. The highest BCUT2D eigenvalue weighted by molar-refractivity contribution is 7.99. The van der Waals surface area contributed by atoms with E-state index in [2.05, 4.69) is 10.2 Å². The van der Waals surface area contributed by atoms with Gasteiger partial charge >= 0.3 is 5.97 Å². The number of esters is 1. The Hall–Kier alpha value is -3.58. The van der Waals surface area contributed by atoms with Gasteiger partial charge in [-0.2, -0.15) is 0 Å². The van der Waals surface area contributed by atoms with Crippen LogP contribution in [0.25, 0.3) is 17.1 Å². The lowest BCUT2D eigenvalue weighted by Crippen LogP contribution is -2.12. The Kier molecular flexibility index (Phi) is 6.10. The molecule has 1 heterocycles. The van der Waals surface area contributed by atoms with Gasteiger partial charge in [0.25, 0.3) is 0 Å². The molecule has 0 amide bonds. The van der Waals surface area contributed by atoms with Gasteiger partial charge in [-0.05, 0) is 24.3 Å². The van der Waals surface area contributed by atoms with Crippen molar-refractivity contribution < 1.29 is 14.3 Å². The van der Waals surface area contributed by atoms with Crippen LogP contribution in [0.15, 0.2) is 90.1 Å². The van der Waals surface area contributed by atoms with Gasteiger partial charge in [-0.15, -0.1) is 10.2 Å². The van der Waals surface area contributed by atoms with Gasteiger partial charge in [0.1, 0.15) is 0 Å². The lowest BCUT2D eigenvalue weighted by molar-refractivity contribution is -0.131. The van der Waals surface area contributed by atoms with Crippen LogP contribution in [0.3, 0.4) is 0 Å². The number of carbonyl (C=O) groups excluding carboxylic acids is 1. The van der Waals surface area contributed by atoms with E-state index in [9.17, 15) is 4.79 Å². The molecule has 0 aliphatic carbocycles. The van der Waals surface area contributed by atoms with Crippen LogP contribution in [0.4, 0.5) is 0 Å². The first-order chi connectivity index (χ1) is 14.8. The normalized spacial score (nSPS) is 10.6. The van der Waals surface area contributed by atoms with Crippen molar-refractivity contribution in [2.24, 2.45) is 0 Å². The first-order valence-corrected chi connectivity index (χ1v) is 10.3. The van der Waals surface area contributed by atoms with E-state index in [-0.39, 0.29) is 5.75 Å². The molecule has 0 radical (unpaired) electrons. The average Bonchev–Trinajstić information content (AvgIpc) is 3.23. The number of ether oxygens (including phenoxy) is 2. The maximum atomic E-state index is 12.4. The molecule has 3 aromatic carbocycles. The Bertz CT molecular complexity index is 1130. The van der Waals surface area contributed by atoms with Crippen molar-refractivity contribution in [3.8, 4) is 28.6 Å². The van der Waals surface area contributed by atoms with Crippen molar-refractivity contribution in [2.75, 3.05) is 12.9 Å². The second kappa shape index (κ2) is 9.28. The summed E-state index contributed by atoms with van der Waals surface area (Å²) in [5, 5.41) is 9.31. The quantitative estimate of drug-likeness (QED) is 0.248. The molecule has 4 rings (SSSR count). The second-order valence-corrected chi connectivity index (χ2v) is 7.20. The van der Waals surface area contributed by atoms with Crippen molar-refractivity contribution in [1.29, 1.82) is 0 Å². The van der Waals surface area contributed by atoms with Crippen LogP contribution in [-0.2, 0) is 4.79 Å². The third-order valence-electron chi connectivity index (χ3n) is 4.29. The van der Waals surface area contributed by atoms with E-state index in [0.717, 1.165) is 11.3 Å². The van der Waals surface area contributed by atoms with Gasteiger partial charge in [0.15, 0.2) is 22.5 Å². The molecule has 1 aromatic heterocycles. The monoisotopic (exact) mass is 417 g/mol. The van der Waals surface area contributed by atoms with Crippen LogP contribution in [0.2, 0.25) is 0 Å². The van der Waals surface area contributed by atoms with E-state index in [1.807, 2.05) is 71.3 Å². The van der Waals surface area contributed by atoms with Crippen LogP contribution in [0, 0.1) is 0 Å². The molecule has 4 aromatic rings. The minimum atomic E-state index is -0.395. The van der Waals surface area contributed by atoms with Gasteiger partial charge in [-0.1, -0.05) is 72.4 Å². The lowest BCUT2D eigenvalue weighted by atomic mass is 10.2. The second-order valence-electron chi connectivity index (χ2n) is 6.26. The number of carbonyl (C=O) groups is 1. The van der Waals surface area contributed by atoms with E-state index in [4.69, 9.17) is 9.47 Å². The number of aromatic nitrogens is 3. The molecule has 0 atom stereocenters. The molecule has 0 unspecified atom stereocenters. The Morgan fingerprint density at radius 3 is 2.20 bits per heavy atom. The molecule has 0 aliphatic rings. The first kappa shape index (κ1) is 19.7. The summed E-state index contributed by atoms with van der Waals surface area (Å²) in [6.07, 6.45) is 0. The van der Waals surface area contributed by atoms with Gasteiger partial charge in [0.2, 0.25) is 0 Å². The highest BCUT2D eigenvalue weighted by Gasteiger charge is 2.18. The number of benzene rings is 3.